The third-order valence-corrected chi connectivity index (χ3v) is 6.95. The second kappa shape index (κ2) is 5.08. The summed E-state index contributed by atoms with van der Waals surface area (Å²) in [6, 6.07) is 7.21. The summed E-state index contributed by atoms with van der Waals surface area (Å²) in [5.41, 5.74) is 1.58. The van der Waals surface area contributed by atoms with E-state index in [-0.39, 0.29) is 5.75 Å². The van der Waals surface area contributed by atoms with Crippen LogP contribution in [0.2, 0.25) is 0 Å². The number of hydrogen-bond donors (Lipinski definition) is 1. The second-order valence-corrected chi connectivity index (χ2v) is 9.03. The zero-order valence-electron chi connectivity index (χ0n) is 10.1. The van der Waals surface area contributed by atoms with Gasteiger partial charge >= 0.3 is 0 Å². The van der Waals surface area contributed by atoms with Gasteiger partial charge in [0.05, 0.1) is 0 Å². The van der Waals surface area contributed by atoms with Gasteiger partial charge in [-0.05, 0) is 19.4 Å². The summed E-state index contributed by atoms with van der Waals surface area (Å²) in [5, 5.41) is 10.2. The minimum Gasteiger partial charge on any atom is -0.386 e. The van der Waals surface area contributed by atoms with Crippen molar-refractivity contribution < 1.29 is 13.5 Å². The molecule has 3 nitrogen and oxygen atoms in total. The van der Waals surface area contributed by atoms with Crippen molar-refractivity contribution in [1.29, 1.82) is 0 Å². The predicted molar refractivity (Wildman–Crippen MR) is 72.9 cm³/mol. The van der Waals surface area contributed by atoms with Gasteiger partial charge in [0.1, 0.15) is 6.10 Å². The van der Waals surface area contributed by atoms with E-state index in [0.717, 1.165) is 5.56 Å². The molecule has 96 valence electrons. The molecule has 0 aliphatic rings. The van der Waals surface area contributed by atoms with Crippen molar-refractivity contribution in [3.8, 4) is 0 Å². The van der Waals surface area contributed by atoms with Crippen LogP contribution in [0.1, 0.15) is 31.1 Å². The van der Waals surface area contributed by atoms with Crippen LogP contribution in [0.4, 0.5) is 0 Å². The molecule has 0 saturated heterocycles. The van der Waals surface area contributed by atoms with Crippen molar-refractivity contribution in [2.45, 2.75) is 30.5 Å². The normalized spacial score (nSPS) is 17.5. The Hall–Kier alpha value is -0.390. The first-order chi connectivity index (χ1) is 7.72. The number of hydrogen-bond acceptors (Lipinski definition) is 3. The summed E-state index contributed by atoms with van der Waals surface area (Å²) in [4.78, 5) is 0. The first-order valence-electron chi connectivity index (χ1n) is 5.38. The van der Waals surface area contributed by atoms with Crippen molar-refractivity contribution in [2.24, 2.45) is 0 Å². The van der Waals surface area contributed by atoms with Crippen molar-refractivity contribution >= 4 is 25.8 Å². The molecule has 0 fully saturated rings. The van der Waals surface area contributed by atoms with Crippen LogP contribution in [-0.2, 0) is 9.84 Å². The van der Waals surface area contributed by atoms with Crippen molar-refractivity contribution in [3.63, 3.8) is 0 Å². The highest BCUT2D eigenvalue weighted by atomic mass is 79.9. The molecular formula is C12H17BrO3S. The standard InChI is InChI=1S/C12H17BrO3S/c1-4-17(15,16)12(3,13)11(14)10-7-5-6-9(2)8-10/h5-8,11,14H,4H2,1-3H3/t11-,12-/m1/s1. The van der Waals surface area contributed by atoms with Crippen LogP contribution in [0.25, 0.3) is 0 Å². The lowest BCUT2D eigenvalue weighted by atomic mass is 10.0. The van der Waals surface area contributed by atoms with Gasteiger partial charge in [-0.2, -0.15) is 0 Å². The number of aliphatic hydroxyl groups is 1. The molecule has 0 radical (unpaired) electrons. The van der Waals surface area contributed by atoms with E-state index in [1.807, 2.05) is 13.0 Å². The zero-order chi connectivity index (χ0) is 13.3. The number of aryl methyl sites for hydroxylation is 1. The smallest absolute Gasteiger partial charge is 0.168 e. The Kier molecular flexibility index (Phi) is 4.38. The van der Waals surface area contributed by atoms with Crippen LogP contribution >= 0.6 is 15.9 Å². The molecule has 17 heavy (non-hydrogen) atoms. The Morgan fingerprint density at radius 2 is 2.06 bits per heavy atom. The van der Waals surface area contributed by atoms with Gasteiger partial charge < -0.3 is 5.11 Å². The molecule has 0 amide bonds. The molecule has 1 aromatic carbocycles. The number of halogens is 1. The van der Waals surface area contributed by atoms with E-state index in [2.05, 4.69) is 15.9 Å². The van der Waals surface area contributed by atoms with Crippen LogP contribution in [0, 0.1) is 6.92 Å². The Labute approximate surface area is 111 Å². The van der Waals surface area contributed by atoms with Crippen molar-refractivity contribution in [2.75, 3.05) is 5.75 Å². The fourth-order valence-electron chi connectivity index (χ4n) is 1.59. The molecular weight excluding hydrogens is 304 g/mol. The van der Waals surface area contributed by atoms with Crippen LogP contribution < -0.4 is 0 Å². The van der Waals surface area contributed by atoms with Gasteiger partial charge in [0.2, 0.25) is 0 Å². The lowest BCUT2D eigenvalue weighted by Gasteiger charge is -2.28. The molecule has 0 heterocycles. The molecule has 0 unspecified atom stereocenters. The fraction of sp³-hybridized carbons (Fsp3) is 0.500. The van der Waals surface area contributed by atoms with E-state index in [0.29, 0.717) is 5.56 Å². The van der Waals surface area contributed by atoms with Gasteiger partial charge in [0.25, 0.3) is 0 Å². The number of rotatable bonds is 4. The lowest BCUT2D eigenvalue weighted by molar-refractivity contribution is 0.167. The molecule has 0 aromatic heterocycles. The SMILES string of the molecule is CCS(=O)(=O)[C@@](C)(Br)[C@H](O)c1cccc(C)c1. The quantitative estimate of drug-likeness (QED) is 0.867. The minimum atomic E-state index is -3.39. The highest BCUT2D eigenvalue weighted by molar-refractivity contribution is 9.11. The Morgan fingerprint density at radius 1 is 1.47 bits per heavy atom. The van der Waals surface area contributed by atoms with Gasteiger partial charge in [0, 0.05) is 5.75 Å². The molecule has 0 bridgehead atoms. The summed E-state index contributed by atoms with van der Waals surface area (Å²) in [5.74, 6) is -0.0162. The van der Waals surface area contributed by atoms with Gasteiger partial charge in [0.15, 0.2) is 13.5 Å². The number of sulfone groups is 1. The highest BCUT2D eigenvalue weighted by Crippen LogP contribution is 2.38. The monoisotopic (exact) mass is 320 g/mol. The summed E-state index contributed by atoms with van der Waals surface area (Å²) in [6.45, 7) is 4.95. The van der Waals surface area contributed by atoms with Crippen LogP contribution in [0.15, 0.2) is 24.3 Å². The Morgan fingerprint density at radius 3 is 2.53 bits per heavy atom. The molecule has 0 aliphatic carbocycles. The average molecular weight is 321 g/mol. The molecule has 1 aromatic rings. The van der Waals surface area contributed by atoms with Crippen LogP contribution in [0.5, 0.6) is 0 Å². The van der Waals surface area contributed by atoms with Crippen molar-refractivity contribution in [3.05, 3.63) is 35.4 Å². The maximum atomic E-state index is 11.9. The first-order valence-corrected chi connectivity index (χ1v) is 7.82. The third kappa shape index (κ3) is 2.89. The first kappa shape index (κ1) is 14.7. The number of benzene rings is 1. The Balaban J connectivity index is 3.17. The van der Waals surface area contributed by atoms with E-state index in [4.69, 9.17) is 0 Å². The van der Waals surface area contributed by atoms with Gasteiger partial charge in [-0.15, -0.1) is 0 Å². The highest BCUT2D eigenvalue weighted by Gasteiger charge is 2.42. The summed E-state index contributed by atoms with van der Waals surface area (Å²) in [6.07, 6.45) is -1.09. The average Bonchev–Trinajstić information content (AvgIpc) is 2.27. The van der Waals surface area contributed by atoms with E-state index in [1.165, 1.54) is 6.92 Å². The number of alkyl halides is 1. The topological polar surface area (TPSA) is 54.4 Å². The zero-order valence-corrected chi connectivity index (χ0v) is 12.5. The minimum absolute atomic E-state index is 0.0162. The fourth-order valence-corrected chi connectivity index (χ4v) is 3.58. The summed E-state index contributed by atoms with van der Waals surface area (Å²) < 4.78 is 22.5. The lowest BCUT2D eigenvalue weighted by Crippen LogP contribution is -2.36. The summed E-state index contributed by atoms with van der Waals surface area (Å²) >= 11 is 3.15. The molecule has 0 aliphatic heterocycles. The molecule has 0 saturated carbocycles. The molecule has 5 heteroatoms. The van der Waals surface area contributed by atoms with Gasteiger partial charge in [-0.3, -0.25) is 0 Å². The van der Waals surface area contributed by atoms with E-state index >= 15 is 0 Å². The molecule has 0 spiro atoms. The molecule has 1 N–H and O–H groups in total. The number of aliphatic hydroxyl groups excluding tert-OH is 1. The largest absolute Gasteiger partial charge is 0.386 e. The molecule has 1 rings (SSSR count). The maximum absolute atomic E-state index is 11.9. The van der Waals surface area contributed by atoms with Crippen molar-refractivity contribution in [1.82, 2.24) is 0 Å². The van der Waals surface area contributed by atoms with Gasteiger partial charge in [-0.25, -0.2) is 8.42 Å². The van der Waals surface area contributed by atoms with E-state index in [1.54, 1.807) is 25.1 Å². The predicted octanol–water partition coefficient (Wildman–Crippen LogP) is 2.57. The second-order valence-electron chi connectivity index (χ2n) is 4.21. The molecule has 2 atom stereocenters. The van der Waals surface area contributed by atoms with Crippen LogP contribution in [-0.4, -0.2) is 22.9 Å². The maximum Gasteiger partial charge on any atom is 0.168 e. The van der Waals surface area contributed by atoms with E-state index in [9.17, 15) is 13.5 Å². The van der Waals surface area contributed by atoms with Gasteiger partial charge in [-0.1, -0.05) is 52.7 Å². The van der Waals surface area contributed by atoms with Crippen LogP contribution in [0.3, 0.4) is 0 Å². The summed E-state index contributed by atoms with van der Waals surface area (Å²) in [7, 11) is -3.39. The third-order valence-electron chi connectivity index (χ3n) is 2.83. The van der Waals surface area contributed by atoms with E-state index < -0.39 is 19.6 Å². The Bertz CT molecular complexity index is 494.